The van der Waals surface area contributed by atoms with E-state index in [9.17, 15) is 9.59 Å². The molecule has 1 aliphatic rings. The van der Waals surface area contributed by atoms with Gasteiger partial charge in [-0.3, -0.25) is 9.59 Å². The van der Waals surface area contributed by atoms with E-state index in [2.05, 4.69) is 26.6 Å². The molecule has 0 fully saturated rings. The highest BCUT2D eigenvalue weighted by Crippen LogP contribution is 2.36. The van der Waals surface area contributed by atoms with Crippen molar-refractivity contribution in [3.63, 3.8) is 0 Å². The molecule has 2 amide bonds. The van der Waals surface area contributed by atoms with Crippen LogP contribution in [0.25, 0.3) is 0 Å². The van der Waals surface area contributed by atoms with Crippen molar-refractivity contribution in [1.29, 1.82) is 0 Å². The Morgan fingerprint density at radius 1 is 1.53 bits per heavy atom. The minimum Gasteiger partial charge on any atom is -0.356 e. The van der Waals surface area contributed by atoms with E-state index in [1.54, 1.807) is 0 Å². The van der Waals surface area contributed by atoms with Gasteiger partial charge in [0.05, 0.1) is 5.92 Å². The molecule has 4 nitrogen and oxygen atoms in total. The molecular formula is C12H13BrN2O2. The molecule has 17 heavy (non-hydrogen) atoms. The molecule has 1 atom stereocenters. The fourth-order valence-electron chi connectivity index (χ4n) is 1.98. The van der Waals surface area contributed by atoms with Gasteiger partial charge in [-0.15, -0.1) is 0 Å². The number of amides is 2. The number of nitrogens with one attached hydrogen (secondary N) is 2. The fourth-order valence-corrected chi connectivity index (χ4v) is 2.35. The maximum Gasteiger partial charge on any atom is 0.232 e. The van der Waals surface area contributed by atoms with Crippen molar-refractivity contribution in [3.05, 3.63) is 28.2 Å². The van der Waals surface area contributed by atoms with Crippen molar-refractivity contribution in [2.75, 3.05) is 11.9 Å². The highest BCUT2D eigenvalue weighted by atomic mass is 79.9. The van der Waals surface area contributed by atoms with Gasteiger partial charge in [0, 0.05) is 23.6 Å². The molecule has 0 saturated carbocycles. The van der Waals surface area contributed by atoms with Crippen LogP contribution >= 0.6 is 15.9 Å². The SMILES string of the molecule is CC(=O)NCCC1C(=O)Nc2ccc(Br)cc21. The molecule has 1 aromatic rings. The van der Waals surface area contributed by atoms with E-state index < -0.39 is 0 Å². The van der Waals surface area contributed by atoms with Gasteiger partial charge in [-0.1, -0.05) is 15.9 Å². The lowest BCUT2D eigenvalue weighted by molar-refractivity contribution is -0.120. The van der Waals surface area contributed by atoms with Crippen LogP contribution in [0, 0.1) is 0 Å². The topological polar surface area (TPSA) is 58.2 Å². The number of anilines is 1. The minimum absolute atomic E-state index is 0.00320. The zero-order valence-electron chi connectivity index (χ0n) is 9.42. The summed E-state index contributed by atoms with van der Waals surface area (Å²) in [5, 5.41) is 5.55. The molecule has 5 heteroatoms. The van der Waals surface area contributed by atoms with Crippen LogP contribution in [-0.2, 0) is 9.59 Å². The van der Waals surface area contributed by atoms with Gasteiger partial charge in [0.25, 0.3) is 0 Å². The smallest absolute Gasteiger partial charge is 0.232 e. The van der Waals surface area contributed by atoms with Gasteiger partial charge < -0.3 is 10.6 Å². The first-order valence-corrected chi connectivity index (χ1v) is 6.22. The lowest BCUT2D eigenvalue weighted by atomic mass is 9.97. The second kappa shape index (κ2) is 4.87. The Kier molecular flexibility index (Phi) is 3.47. The van der Waals surface area contributed by atoms with Crippen LogP contribution in [0.1, 0.15) is 24.8 Å². The van der Waals surface area contributed by atoms with Crippen LogP contribution in [0.4, 0.5) is 5.69 Å². The Labute approximate surface area is 108 Å². The zero-order chi connectivity index (χ0) is 12.4. The van der Waals surface area contributed by atoms with Gasteiger partial charge in [0.1, 0.15) is 0 Å². The highest BCUT2D eigenvalue weighted by Gasteiger charge is 2.29. The van der Waals surface area contributed by atoms with Gasteiger partial charge in [-0.2, -0.15) is 0 Å². The summed E-state index contributed by atoms with van der Waals surface area (Å²) in [5.41, 5.74) is 1.86. The number of carbonyl (C=O) groups is 2. The van der Waals surface area contributed by atoms with Crippen molar-refractivity contribution < 1.29 is 9.59 Å². The van der Waals surface area contributed by atoms with Gasteiger partial charge >= 0.3 is 0 Å². The van der Waals surface area contributed by atoms with Gasteiger partial charge in [0.15, 0.2) is 0 Å². The summed E-state index contributed by atoms with van der Waals surface area (Å²) in [5.74, 6) is -0.240. The fraction of sp³-hybridized carbons (Fsp3) is 0.333. The normalized spacial score (nSPS) is 17.5. The van der Waals surface area contributed by atoms with Gasteiger partial charge in [-0.05, 0) is 30.2 Å². The van der Waals surface area contributed by atoms with Crippen molar-refractivity contribution >= 4 is 33.4 Å². The van der Waals surface area contributed by atoms with Crippen LogP contribution in [0.2, 0.25) is 0 Å². The number of benzene rings is 1. The molecule has 1 heterocycles. The van der Waals surface area contributed by atoms with E-state index in [1.807, 2.05) is 18.2 Å². The summed E-state index contributed by atoms with van der Waals surface area (Å²) in [6.07, 6.45) is 0.620. The molecule has 0 spiro atoms. The highest BCUT2D eigenvalue weighted by molar-refractivity contribution is 9.10. The third kappa shape index (κ3) is 2.66. The summed E-state index contributed by atoms with van der Waals surface area (Å²) in [7, 11) is 0. The Morgan fingerprint density at radius 3 is 3.00 bits per heavy atom. The van der Waals surface area contributed by atoms with Crippen molar-refractivity contribution in [2.24, 2.45) is 0 Å². The summed E-state index contributed by atoms with van der Waals surface area (Å²) in [6.45, 7) is 1.98. The molecule has 0 saturated heterocycles. The van der Waals surface area contributed by atoms with Crippen molar-refractivity contribution in [1.82, 2.24) is 5.32 Å². The Hall–Kier alpha value is -1.36. The zero-order valence-corrected chi connectivity index (χ0v) is 11.0. The average Bonchev–Trinajstić information content (AvgIpc) is 2.55. The van der Waals surface area contributed by atoms with E-state index in [-0.39, 0.29) is 17.7 Å². The minimum atomic E-state index is -0.172. The lowest BCUT2D eigenvalue weighted by Crippen LogP contribution is -2.24. The second-order valence-corrected chi connectivity index (χ2v) is 4.96. The lowest BCUT2D eigenvalue weighted by Gasteiger charge is -2.09. The third-order valence-corrected chi connectivity index (χ3v) is 3.26. The molecule has 2 N–H and O–H groups in total. The van der Waals surface area contributed by atoms with E-state index in [0.29, 0.717) is 13.0 Å². The predicted octanol–water partition coefficient (Wildman–Crippen LogP) is 2.01. The summed E-state index contributed by atoms with van der Waals surface area (Å²) < 4.78 is 0.956. The average molecular weight is 297 g/mol. The third-order valence-electron chi connectivity index (χ3n) is 2.77. The number of rotatable bonds is 3. The number of hydrogen-bond acceptors (Lipinski definition) is 2. The Bertz CT molecular complexity index is 474. The number of hydrogen-bond donors (Lipinski definition) is 2. The number of halogens is 1. The molecule has 0 radical (unpaired) electrons. The molecule has 0 aliphatic carbocycles. The van der Waals surface area contributed by atoms with E-state index in [0.717, 1.165) is 15.7 Å². The van der Waals surface area contributed by atoms with Gasteiger partial charge in [0.2, 0.25) is 11.8 Å². The first kappa shape index (κ1) is 12.1. The molecule has 1 unspecified atom stereocenters. The first-order chi connectivity index (χ1) is 8.08. The standard InChI is InChI=1S/C12H13BrN2O2/c1-7(16)14-5-4-9-10-6-8(13)2-3-11(10)15-12(9)17/h2-3,6,9H,4-5H2,1H3,(H,14,16)(H,15,17). The molecule has 0 aromatic heterocycles. The quantitative estimate of drug-likeness (QED) is 0.896. The van der Waals surface area contributed by atoms with E-state index in [1.165, 1.54) is 6.92 Å². The van der Waals surface area contributed by atoms with Crippen molar-refractivity contribution in [2.45, 2.75) is 19.3 Å². The molecule has 1 aliphatic heterocycles. The molecule has 90 valence electrons. The summed E-state index contributed by atoms with van der Waals surface area (Å²) in [4.78, 5) is 22.6. The molecule has 2 rings (SSSR count). The molecular weight excluding hydrogens is 284 g/mol. The molecule has 1 aromatic carbocycles. The van der Waals surface area contributed by atoms with Crippen LogP contribution in [0.15, 0.2) is 22.7 Å². The maximum atomic E-state index is 11.8. The Morgan fingerprint density at radius 2 is 2.29 bits per heavy atom. The predicted molar refractivity (Wildman–Crippen MR) is 68.8 cm³/mol. The van der Waals surface area contributed by atoms with Crippen LogP contribution < -0.4 is 10.6 Å². The van der Waals surface area contributed by atoms with Crippen LogP contribution in [0.5, 0.6) is 0 Å². The first-order valence-electron chi connectivity index (χ1n) is 5.42. The van der Waals surface area contributed by atoms with Gasteiger partial charge in [-0.25, -0.2) is 0 Å². The van der Waals surface area contributed by atoms with Crippen LogP contribution in [0.3, 0.4) is 0 Å². The monoisotopic (exact) mass is 296 g/mol. The summed E-state index contributed by atoms with van der Waals surface area (Å²) >= 11 is 3.39. The van der Waals surface area contributed by atoms with Crippen molar-refractivity contribution in [3.8, 4) is 0 Å². The van der Waals surface area contributed by atoms with Crippen LogP contribution in [-0.4, -0.2) is 18.4 Å². The Balaban J connectivity index is 2.11. The van der Waals surface area contributed by atoms with E-state index >= 15 is 0 Å². The second-order valence-electron chi connectivity index (χ2n) is 4.05. The summed E-state index contributed by atoms with van der Waals surface area (Å²) in [6, 6.07) is 5.73. The van der Waals surface area contributed by atoms with E-state index in [4.69, 9.17) is 0 Å². The largest absolute Gasteiger partial charge is 0.356 e. The molecule has 0 bridgehead atoms. The maximum absolute atomic E-state index is 11.8. The number of fused-ring (bicyclic) bond motifs is 1. The number of carbonyl (C=O) groups excluding carboxylic acids is 2.